The van der Waals surface area contributed by atoms with Gasteiger partial charge in [-0.25, -0.2) is 4.79 Å². The zero-order valence-electron chi connectivity index (χ0n) is 22.0. The summed E-state index contributed by atoms with van der Waals surface area (Å²) in [7, 11) is 0. The van der Waals surface area contributed by atoms with E-state index in [1.165, 1.54) is 30.2 Å². The topological polar surface area (TPSA) is 75.7 Å². The number of rotatable bonds is 12. The fraction of sp³-hybridized carbons (Fsp3) is 0.406. The van der Waals surface area contributed by atoms with Crippen LogP contribution in [0.25, 0.3) is 6.08 Å². The Kier molecular flexibility index (Phi) is 17.0. The molecule has 0 amide bonds. The first kappa shape index (κ1) is 31.7. The van der Waals surface area contributed by atoms with Crippen LogP contribution in [0, 0.1) is 13.6 Å². The van der Waals surface area contributed by atoms with Crippen molar-refractivity contribution >= 4 is 12.0 Å². The summed E-state index contributed by atoms with van der Waals surface area (Å²) in [6.07, 6.45) is 12.8. The molecular formula is C32H40O5. The van der Waals surface area contributed by atoms with Gasteiger partial charge in [-0.05, 0) is 86.6 Å². The maximum absolute atomic E-state index is 10.5. The van der Waals surface area contributed by atoms with E-state index in [1.54, 1.807) is 6.07 Å². The number of allylic oxidation sites excluding steroid dienone is 1. The van der Waals surface area contributed by atoms with E-state index in [9.17, 15) is 9.90 Å². The number of ether oxygens (including phenoxy) is 2. The van der Waals surface area contributed by atoms with Gasteiger partial charge < -0.3 is 14.6 Å². The van der Waals surface area contributed by atoms with Crippen molar-refractivity contribution in [1.82, 2.24) is 0 Å². The Labute approximate surface area is 222 Å². The van der Waals surface area contributed by atoms with Gasteiger partial charge in [0.2, 0.25) is 0 Å². The van der Waals surface area contributed by atoms with Crippen molar-refractivity contribution < 1.29 is 24.0 Å². The van der Waals surface area contributed by atoms with Crippen LogP contribution in [0.1, 0.15) is 73.6 Å². The Balaban J connectivity index is 0.000000347. The molecule has 0 aromatic heterocycles. The van der Waals surface area contributed by atoms with Crippen molar-refractivity contribution in [2.45, 2.75) is 70.8 Å². The molecule has 37 heavy (non-hydrogen) atoms. The number of phenols is 1. The van der Waals surface area contributed by atoms with Crippen LogP contribution < -0.4 is 0 Å². The average Bonchev–Trinajstić information content (AvgIpc) is 2.94. The van der Waals surface area contributed by atoms with Crippen molar-refractivity contribution in [2.75, 3.05) is 13.2 Å². The van der Waals surface area contributed by atoms with Gasteiger partial charge in [-0.2, -0.15) is 0 Å². The molecule has 0 saturated heterocycles. The second kappa shape index (κ2) is 19.8. The standard InChI is InChI=1S/C16H16O.C15H24O3.CO/c1-3-13-4-6-14(7-5-13)11-15-8-9-16(17)12(2)10-15;1-2-17-11-5-3-4-6-12-18-15-9-7-14(13-16)8-10-15;1-2/h3-10,17H,1,11H2,2H3;2,15H,1,3-12H2;. The number of unbranched alkanes of at least 4 members (excludes halogenated alkanes) is 3. The molecule has 0 atom stereocenters. The number of phenolic OH excluding ortho intramolecular Hbond substituents is 1. The monoisotopic (exact) mass is 504 g/mol. The zero-order chi connectivity index (χ0) is 27.3. The van der Waals surface area contributed by atoms with Crippen LogP contribution in [0.2, 0.25) is 0 Å². The summed E-state index contributed by atoms with van der Waals surface area (Å²) in [5.74, 6) is 2.37. The van der Waals surface area contributed by atoms with E-state index in [1.807, 2.05) is 31.1 Å². The van der Waals surface area contributed by atoms with Crippen molar-refractivity contribution in [3.8, 4) is 5.75 Å². The molecular weight excluding hydrogens is 464 g/mol. The second-order valence-electron chi connectivity index (χ2n) is 8.97. The fourth-order valence-corrected chi connectivity index (χ4v) is 4.02. The normalized spacial score (nSPS) is 14.1. The summed E-state index contributed by atoms with van der Waals surface area (Å²) in [5, 5.41) is 9.47. The first-order valence-corrected chi connectivity index (χ1v) is 12.8. The average molecular weight is 505 g/mol. The van der Waals surface area contributed by atoms with Gasteiger partial charge in [0.25, 0.3) is 0 Å². The van der Waals surface area contributed by atoms with Gasteiger partial charge >= 0.3 is 11.3 Å². The summed E-state index contributed by atoms with van der Waals surface area (Å²) in [5.41, 5.74) is 5.46. The van der Waals surface area contributed by atoms with Crippen molar-refractivity contribution in [2.24, 2.45) is 0 Å². The summed E-state index contributed by atoms with van der Waals surface area (Å²) >= 11 is 0. The molecule has 1 fully saturated rings. The molecule has 198 valence electrons. The maximum atomic E-state index is 10.5. The van der Waals surface area contributed by atoms with Crippen LogP contribution in [0.3, 0.4) is 0 Å². The van der Waals surface area contributed by atoms with Crippen LogP contribution in [-0.4, -0.2) is 30.4 Å². The molecule has 1 saturated carbocycles. The number of hydrogen-bond acceptors (Lipinski definition) is 4. The number of aromatic hydroxyl groups is 1. The Bertz CT molecular complexity index is 990. The van der Waals surface area contributed by atoms with Gasteiger partial charge in [0.15, 0.2) is 0 Å². The number of hydrogen-bond donors (Lipinski definition) is 1. The van der Waals surface area contributed by atoms with Crippen molar-refractivity contribution in [1.29, 1.82) is 0 Å². The first-order valence-electron chi connectivity index (χ1n) is 12.8. The fourth-order valence-electron chi connectivity index (χ4n) is 4.02. The van der Waals surface area contributed by atoms with E-state index in [0.717, 1.165) is 74.9 Å². The van der Waals surface area contributed by atoms with E-state index in [0.29, 0.717) is 11.9 Å². The van der Waals surface area contributed by atoms with Crippen LogP contribution >= 0.6 is 0 Å². The van der Waals surface area contributed by atoms with Gasteiger partial charge in [-0.3, -0.25) is 0 Å². The Morgan fingerprint density at radius 1 is 1.00 bits per heavy atom. The molecule has 0 spiro atoms. The second-order valence-corrected chi connectivity index (χ2v) is 8.97. The van der Waals surface area contributed by atoms with Crippen LogP contribution in [0.5, 0.6) is 5.75 Å². The third kappa shape index (κ3) is 13.5. The molecule has 0 heterocycles. The first-order chi connectivity index (χ1) is 18.0. The number of carbonyl (C=O) groups excluding carboxylic acids is 1. The van der Waals surface area contributed by atoms with E-state index in [-0.39, 0.29) is 0 Å². The van der Waals surface area contributed by atoms with Gasteiger partial charge in [0, 0.05) is 12.2 Å². The molecule has 2 aromatic carbocycles. The molecule has 1 aliphatic carbocycles. The summed E-state index contributed by atoms with van der Waals surface area (Å²) in [6.45, 7) is 15.3. The minimum atomic E-state index is 0.353. The predicted molar refractivity (Wildman–Crippen MR) is 148 cm³/mol. The third-order valence-corrected chi connectivity index (χ3v) is 6.19. The van der Waals surface area contributed by atoms with Gasteiger partial charge in [-0.15, -0.1) is 0 Å². The molecule has 1 aliphatic rings. The molecule has 0 unspecified atom stereocenters. The van der Waals surface area contributed by atoms with Gasteiger partial charge in [0.1, 0.15) is 11.7 Å². The summed E-state index contributed by atoms with van der Waals surface area (Å²) < 4.78 is 18.4. The van der Waals surface area contributed by atoms with Gasteiger partial charge in [0.05, 0.1) is 19.0 Å². The third-order valence-electron chi connectivity index (χ3n) is 6.19. The molecule has 1 N–H and O–H groups in total. The van der Waals surface area contributed by atoms with Crippen molar-refractivity contribution in [3.05, 3.63) is 96.4 Å². The molecule has 2 aromatic rings. The SMILES string of the molecule is C=COCCCCCCOC1CCC(=C=O)CC1.C=Cc1ccc(Cc2ccc(O)c(C)c2)cc1.[C-]#[O+]. The Morgan fingerprint density at radius 2 is 1.62 bits per heavy atom. The van der Waals surface area contributed by atoms with E-state index in [2.05, 4.69) is 44.1 Å². The van der Waals surface area contributed by atoms with E-state index >= 15 is 0 Å². The van der Waals surface area contributed by atoms with Gasteiger partial charge in [-0.1, -0.05) is 62.1 Å². The molecule has 0 radical (unpaired) electrons. The molecule has 5 nitrogen and oxygen atoms in total. The minimum absolute atomic E-state index is 0.353. The van der Waals surface area contributed by atoms with Crippen LogP contribution in [-0.2, 0) is 25.3 Å². The molecule has 0 bridgehead atoms. The Morgan fingerprint density at radius 3 is 2.19 bits per heavy atom. The quantitative estimate of drug-likeness (QED) is 0.108. The molecule has 0 aliphatic heterocycles. The molecule has 5 heteroatoms. The molecule has 3 rings (SSSR count). The van der Waals surface area contributed by atoms with Crippen LogP contribution in [0.15, 0.2) is 67.5 Å². The number of benzene rings is 2. The summed E-state index contributed by atoms with van der Waals surface area (Å²) in [4.78, 5) is 10.5. The zero-order valence-corrected chi connectivity index (χ0v) is 22.0. The van der Waals surface area contributed by atoms with E-state index in [4.69, 9.17) is 14.1 Å². The Hall–Kier alpha value is -3.33. The number of aryl methyl sites for hydroxylation is 1. The predicted octanol–water partition coefficient (Wildman–Crippen LogP) is 7.32. The summed E-state index contributed by atoms with van der Waals surface area (Å²) in [6, 6.07) is 14.1. The van der Waals surface area contributed by atoms with Crippen molar-refractivity contribution in [3.63, 3.8) is 0 Å². The van der Waals surface area contributed by atoms with E-state index < -0.39 is 0 Å². The van der Waals surface area contributed by atoms with Crippen LogP contribution in [0.4, 0.5) is 0 Å².